The topological polar surface area (TPSA) is 76.5 Å². The summed E-state index contributed by atoms with van der Waals surface area (Å²) < 4.78 is 6.58. The normalized spacial score (nSPS) is 16.4. The third-order valence-corrected chi connectivity index (χ3v) is 4.26. The van der Waals surface area contributed by atoms with Gasteiger partial charge in [-0.05, 0) is 25.1 Å². The SMILES string of the molecule is CC(CNC(=O)c1ccc(=O)n(-c2ccccc2)n1)N1CCOCC1. The van der Waals surface area contributed by atoms with E-state index in [1.165, 1.54) is 16.8 Å². The van der Waals surface area contributed by atoms with Crippen molar-refractivity contribution in [1.29, 1.82) is 0 Å². The standard InChI is InChI=1S/C18H22N4O3/c1-14(21-9-11-25-12-10-21)13-19-18(24)16-7-8-17(23)22(20-16)15-5-3-2-4-6-15/h2-8,14H,9-13H2,1H3,(H,19,24). The number of aromatic nitrogens is 2. The first-order valence-electron chi connectivity index (χ1n) is 8.41. The fourth-order valence-corrected chi connectivity index (χ4v) is 2.76. The Hall–Kier alpha value is -2.51. The van der Waals surface area contributed by atoms with Crippen LogP contribution < -0.4 is 10.9 Å². The number of hydrogen-bond acceptors (Lipinski definition) is 5. The molecular formula is C18H22N4O3. The van der Waals surface area contributed by atoms with Gasteiger partial charge < -0.3 is 10.1 Å². The van der Waals surface area contributed by atoms with Crippen LogP contribution in [0.2, 0.25) is 0 Å². The minimum absolute atomic E-state index is 0.216. The fourth-order valence-electron chi connectivity index (χ4n) is 2.76. The van der Waals surface area contributed by atoms with Crippen LogP contribution in [0.3, 0.4) is 0 Å². The summed E-state index contributed by atoms with van der Waals surface area (Å²) in [4.78, 5) is 26.7. The molecule has 2 aromatic rings. The molecule has 7 nitrogen and oxygen atoms in total. The maximum atomic E-state index is 12.4. The second-order valence-electron chi connectivity index (χ2n) is 6.01. The molecule has 1 aliphatic heterocycles. The van der Waals surface area contributed by atoms with Crippen LogP contribution in [0.25, 0.3) is 5.69 Å². The molecule has 3 rings (SSSR count). The average Bonchev–Trinajstić information content (AvgIpc) is 2.67. The van der Waals surface area contributed by atoms with Crippen LogP contribution in [0.1, 0.15) is 17.4 Å². The molecule has 1 aliphatic rings. The maximum Gasteiger partial charge on any atom is 0.271 e. The van der Waals surface area contributed by atoms with Crippen molar-refractivity contribution < 1.29 is 9.53 Å². The second kappa shape index (κ2) is 8.04. The highest BCUT2D eigenvalue weighted by molar-refractivity contribution is 5.92. The molecule has 2 heterocycles. The Balaban J connectivity index is 1.67. The third kappa shape index (κ3) is 4.32. The van der Waals surface area contributed by atoms with E-state index < -0.39 is 0 Å². The first-order valence-corrected chi connectivity index (χ1v) is 8.41. The van der Waals surface area contributed by atoms with Gasteiger partial charge in [0.15, 0.2) is 0 Å². The molecule has 25 heavy (non-hydrogen) atoms. The molecule has 0 radical (unpaired) electrons. The number of hydrogen-bond donors (Lipinski definition) is 1. The molecule has 1 aromatic carbocycles. The summed E-state index contributed by atoms with van der Waals surface area (Å²) in [5, 5.41) is 7.09. The number of rotatable bonds is 5. The van der Waals surface area contributed by atoms with E-state index in [1.54, 1.807) is 12.1 Å². The van der Waals surface area contributed by atoms with Crippen molar-refractivity contribution in [3.63, 3.8) is 0 Å². The van der Waals surface area contributed by atoms with Crippen molar-refractivity contribution in [2.75, 3.05) is 32.8 Å². The lowest BCUT2D eigenvalue weighted by molar-refractivity contribution is 0.0204. The van der Waals surface area contributed by atoms with Crippen LogP contribution in [0.4, 0.5) is 0 Å². The van der Waals surface area contributed by atoms with Gasteiger partial charge in [-0.25, -0.2) is 0 Å². The van der Waals surface area contributed by atoms with E-state index in [2.05, 4.69) is 22.2 Å². The van der Waals surface area contributed by atoms with Gasteiger partial charge in [0.2, 0.25) is 0 Å². The highest BCUT2D eigenvalue weighted by atomic mass is 16.5. The van der Waals surface area contributed by atoms with Gasteiger partial charge >= 0.3 is 0 Å². The second-order valence-corrected chi connectivity index (χ2v) is 6.01. The Morgan fingerprint density at radius 2 is 1.92 bits per heavy atom. The largest absolute Gasteiger partial charge is 0.379 e. The van der Waals surface area contributed by atoms with E-state index in [-0.39, 0.29) is 23.2 Å². The van der Waals surface area contributed by atoms with Gasteiger partial charge in [-0.15, -0.1) is 0 Å². The summed E-state index contributed by atoms with van der Waals surface area (Å²) in [5.74, 6) is -0.287. The summed E-state index contributed by atoms with van der Waals surface area (Å²) in [7, 11) is 0. The highest BCUT2D eigenvalue weighted by Crippen LogP contribution is 2.04. The molecule has 1 aromatic heterocycles. The highest BCUT2D eigenvalue weighted by Gasteiger charge is 2.18. The van der Waals surface area contributed by atoms with Crippen molar-refractivity contribution in [3.8, 4) is 5.69 Å². The van der Waals surface area contributed by atoms with Crippen molar-refractivity contribution in [2.45, 2.75) is 13.0 Å². The molecule has 0 bridgehead atoms. The quantitative estimate of drug-likeness (QED) is 0.865. The molecule has 1 amide bonds. The van der Waals surface area contributed by atoms with Gasteiger partial charge in [0.1, 0.15) is 5.69 Å². The Kier molecular flexibility index (Phi) is 5.57. The molecule has 1 atom stereocenters. The zero-order valence-electron chi connectivity index (χ0n) is 14.2. The molecule has 1 fully saturated rings. The van der Waals surface area contributed by atoms with Gasteiger partial charge in [0.25, 0.3) is 11.5 Å². The van der Waals surface area contributed by atoms with Gasteiger partial charge in [-0.1, -0.05) is 18.2 Å². The summed E-state index contributed by atoms with van der Waals surface area (Å²) in [5.41, 5.74) is 0.575. The average molecular weight is 342 g/mol. The van der Waals surface area contributed by atoms with Crippen molar-refractivity contribution in [2.24, 2.45) is 0 Å². The Morgan fingerprint density at radius 1 is 1.20 bits per heavy atom. The smallest absolute Gasteiger partial charge is 0.271 e. The summed E-state index contributed by atoms with van der Waals surface area (Å²) in [6.45, 7) is 5.78. The molecule has 0 saturated carbocycles. The molecule has 0 aliphatic carbocycles. The monoisotopic (exact) mass is 342 g/mol. The van der Waals surface area contributed by atoms with Gasteiger partial charge in [-0.2, -0.15) is 9.78 Å². The fraction of sp³-hybridized carbons (Fsp3) is 0.389. The molecule has 0 spiro atoms. The molecule has 1 N–H and O–H groups in total. The van der Waals surface area contributed by atoms with Crippen molar-refractivity contribution in [3.05, 3.63) is 58.5 Å². The number of nitrogens with zero attached hydrogens (tertiary/aromatic N) is 3. The summed E-state index contributed by atoms with van der Waals surface area (Å²) in [6, 6.07) is 12.1. The zero-order valence-corrected chi connectivity index (χ0v) is 14.2. The predicted molar refractivity (Wildman–Crippen MR) is 94.0 cm³/mol. The lowest BCUT2D eigenvalue weighted by atomic mass is 10.2. The van der Waals surface area contributed by atoms with Crippen LogP contribution in [0.5, 0.6) is 0 Å². The van der Waals surface area contributed by atoms with E-state index in [0.29, 0.717) is 12.2 Å². The minimum atomic E-state index is -0.287. The van der Waals surface area contributed by atoms with Crippen LogP contribution in [0.15, 0.2) is 47.3 Å². The van der Waals surface area contributed by atoms with Crippen molar-refractivity contribution >= 4 is 5.91 Å². The van der Waals surface area contributed by atoms with Crippen LogP contribution >= 0.6 is 0 Å². The lowest BCUT2D eigenvalue weighted by Gasteiger charge is -2.32. The number of morpholine rings is 1. The molecular weight excluding hydrogens is 320 g/mol. The van der Waals surface area contributed by atoms with E-state index in [9.17, 15) is 9.59 Å². The van der Waals surface area contributed by atoms with Crippen LogP contribution in [-0.4, -0.2) is 59.5 Å². The molecule has 1 unspecified atom stereocenters. The molecule has 132 valence electrons. The Morgan fingerprint density at radius 3 is 2.64 bits per heavy atom. The number of benzene rings is 1. The number of nitrogens with one attached hydrogen (secondary N) is 1. The zero-order chi connectivity index (χ0) is 17.6. The minimum Gasteiger partial charge on any atom is -0.379 e. The molecule has 7 heteroatoms. The van der Waals surface area contributed by atoms with E-state index in [1.807, 2.05) is 18.2 Å². The van der Waals surface area contributed by atoms with Gasteiger partial charge in [-0.3, -0.25) is 14.5 Å². The Bertz CT molecular complexity index is 769. The first-order chi connectivity index (χ1) is 12.1. The lowest BCUT2D eigenvalue weighted by Crippen LogP contribution is -2.47. The van der Waals surface area contributed by atoms with E-state index in [4.69, 9.17) is 4.74 Å². The number of carbonyl (C=O) groups is 1. The number of ether oxygens (including phenoxy) is 1. The predicted octanol–water partition coefficient (Wildman–Crippen LogP) is 0.683. The summed E-state index contributed by atoms with van der Waals surface area (Å²) in [6.07, 6.45) is 0. The number of para-hydroxylation sites is 1. The number of amides is 1. The van der Waals surface area contributed by atoms with Crippen LogP contribution in [0, 0.1) is 0 Å². The van der Waals surface area contributed by atoms with E-state index in [0.717, 1.165) is 26.3 Å². The third-order valence-electron chi connectivity index (χ3n) is 4.26. The van der Waals surface area contributed by atoms with Gasteiger partial charge in [0.05, 0.1) is 18.9 Å². The first kappa shape index (κ1) is 17.3. The Labute approximate surface area is 146 Å². The van der Waals surface area contributed by atoms with Gasteiger partial charge in [0, 0.05) is 31.7 Å². The number of carbonyl (C=O) groups excluding carboxylic acids is 1. The van der Waals surface area contributed by atoms with Crippen molar-refractivity contribution in [1.82, 2.24) is 20.0 Å². The van der Waals surface area contributed by atoms with E-state index >= 15 is 0 Å². The molecule has 1 saturated heterocycles. The maximum absolute atomic E-state index is 12.4. The van der Waals surface area contributed by atoms with Crippen LogP contribution in [-0.2, 0) is 4.74 Å². The summed E-state index contributed by atoms with van der Waals surface area (Å²) >= 11 is 0.